The second-order valence-corrected chi connectivity index (χ2v) is 6.95. The van der Waals surface area contributed by atoms with Gasteiger partial charge in [-0.15, -0.1) is 0 Å². The maximum Gasteiger partial charge on any atom is 0.278 e. The summed E-state index contributed by atoms with van der Waals surface area (Å²) in [6, 6.07) is 14.1. The van der Waals surface area contributed by atoms with E-state index in [0.717, 1.165) is 5.56 Å². The molecular weight excluding hydrogens is 381 g/mol. The number of aromatic nitrogens is 2. The third kappa shape index (κ3) is 3.82. The van der Waals surface area contributed by atoms with Crippen LogP contribution in [0.15, 0.2) is 59.4 Å². The predicted molar refractivity (Wildman–Crippen MR) is 106 cm³/mol. The average Bonchev–Trinajstić information content (AvgIpc) is 2.67. The van der Waals surface area contributed by atoms with Crippen LogP contribution in [0, 0.1) is 12.7 Å². The summed E-state index contributed by atoms with van der Waals surface area (Å²) >= 11 is 6.03. The van der Waals surface area contributed by atoms with E-state index in [1.54, 1.807) is 44.3 Å². The van der Waals surface area contributed by atoms with Crippen molar-refractivity contribution in [3.8, 4) is 5.69 Å². The lowest BCUT2D eigenvalue weighted by atomic mass is 10.1. The minimum absolute atomic E-state index is 0.166. The average molecular weight is 400 g/mol. The third-order valence-electron chi connectivity index (χ3n) is 4.62. The molecule has 0 radical (unpaired) electrons. The van der Waals surface area contributed by atoms with Gasteiger partial charge in [0.1, 0.15) is 11.5 Å². The summed E-state index contributed by atoms with van der Waals surface area (Å²) in [5.74, 6) is -1.05. The summed E-state index contributed by atoms with van der Waals surface area (Å²) in [4.78, 5) is 26.8. The van der Waals surface area contributed by atoms with Crippen LogP contribution in [0.25, 0.3) is 5.69 Å². The maximum atomic E-state index is 14.2. The first-order chi connectivity index (χ1) is 13.3. The minimum atomic E-state index is -0.553. The molecule has 0 aliphatic carbocycles. The lowest BCUT2D eigenvalue weighted by Gasteiger charge is -2.25. The molecular formula is C21H19ClFN3O2. The number of hydrogen-bond donors (Lipinski definition) is 0. The summed E-state index contributed by atoms with van der Waals surface area (Å²) < 4.78 is 15.5. The molecule has 1 unspecified atom stereocenters. The largest absolute Gasteiger partial charge is 0.333 e. The number of carbonyl (C=O) groups is 1. The highest BCUT2D eigenvalue weighted by Crippen LogP contribution is 2.23. The Hall–Kier alpha value is -2.99. The monoisotopic (exact) mass is 399 g/mol. The molecule has 144 valence electrons. The molecule has 2 aromatic carbocycles. The Morgan fingerprint density at radius 2 is 1.89 bits per heavy atom. The van der Waals surface area contributed by atoms with Crippen LogP contribution < -0.4 is 5.43 Å². The van der Waals surface area contributed by atoms with Gasteiger partial charge in [-0.05, 0) is 43.7 Å². The smallest absolute Gasteiger partial charge is 0.278 e. The Morgan fingerprint density at radius 3 is 2.57 bits per heavy atom. The Bertz CT molecular complexity index is 1100. The van der Waals surface area contributed by atoms with Crippen LogP contribution >= 0.6 is 11.6 Å². The molecule has 0 bridgehead atoms. The fourth-order valence-corrected chi connectivity index (χ4v) is 3.09. The summed E-state index contributed by atoms with van der Waals surface area (Å²) in [5, 5.41) is 4.72. The third-order valence-corrected chi connectivity index (χ3v) is 4.86. The molecule has 1 heterocycles. The van der Waals surface area contributed by atoms with E-state index in [4.69, 9.17) is 11.6 Å². The lowest BCUT2D eigenvalue weighted by Crippen LogP contribution is -2.35. The fraction of sp³-hybridized carbons (Fsp3) is 0.190. The van der Waals surface area contributed by atoms with Crippen LogP contribution in [0.5, 0.6) is 0 Å². The summed E-state index contributed by atoms with van der Waals surface area (Å²) in [6.07, 6.45) is 0. The molecule has 28 heavy (non-hydrogen) atoms. The van der Waals surface area contributed by atoms with E-state index in [-0.39, 0.29) is 17.4 Å². The van der Waals surface area contributed by atoms with E-state index in [9.17, 15) is 14.0 Å². The normalized spacial score (nSPS) is 11.9. The van der Waals surface area contributed by atoms with Crippen LogP contribution in [-0.4, -0.2) is 27.6 Å². The summed E-state index contributed by atoms with van der Waals surface area (Å²) in [6.45, 7) is 3.46. The minimum Gasteiger partial charge on any atom is -0.333 e. The fourth-order valence-electron chi connectivity index (χ4n) is 2.90. The number of rotatable bonds is 4. The van der Waals surface area contributed by atoms with Crippen molar-refractivity contribution in [1.29, 1.82) is 0 Å². The van der Waals surface area contributed by atoms with Gasteiger partial charge in [0.2, 0.25) is 5.43 Å². The highest BCUT2D eigenvalue weighted by molar-refractivity contribution is 6.30. The quantitative estimate of drug-likeness (QED) is 0.661. The van der Waals surface area contributed by atoms with Crippen molar-refractivity contribution < 1.29 is 9.18 Å². The van der Waals surface area contributed by atoms with Gasteiger partial charge in [0.15, 0.2) is 5.69 Å². The van der Waals surface area contributed by atoms with Gasteiger partial charge >= 0.3 is 0 Å². The van der Waals surface area contributed by atoms with Gasteiger partial charge in [-0.3, -0.25) is 9.59 Å². The highest BCUT2D eigenvalue weighted by atomic mass is 35.5. The van der Waals surface area contributed by atoms with Crippen molar-refractivity contribution >= 4 is 17.5 Å². The lowest BCUT2D eigenvalue weighted by molar-refractivity contribution is 0.0733. The molecule has 0 fully saturated rings. The Labute approximate surface area is 167 Å². The van der Waals surface area contributed by atoms with Gasteiger partial charge in [0.05, 0.1) is 6.04 Å². The Morgan fingerprint density at radius 1 is 1.18 bits per heavy atom. The summed E-state index contributed by atoms with van der Waals surface area (Å²) in [5.41, 5.74) is 0.632. The van der Waals surface area contributed by atoms with E-state index < -0.39 is 17.2 Å². The van der Waals surface area contributed by atoms with Gasteiger partial charge in [0, 0.05) is 23.8 Å². The Kier molecular flexibility index (Phi) is 5.61. The van der Waals surface area contributed by atoms with Gasteiger partial charge in [0.25, 0.3) is 5.91 Å². The molecule has 0 saturated carbocycles. The van der Waals surface area contributed by atoms with Crippen molar-refractivity contribution in [2.24, 2.45) is 0 Å². The molecule has 1 atom stereocenters. The zero-order valence-corrected chi connectivity index (χ0v) is 16.4. The molecule has 3 rings (SSSR count). The van der Waals surface area contributed by atoms with Crippen molar-refractivity contribution in [2.75, 3.05) is 7.05 Å². The summed E-state index contributed by atoms with van der Waals surface area (Å²) in [7, 11) is 1.59. The zero-order chi connectivity index (χ0) is 20.4. The highest BCUT2D eigenvalue weighted by Gasteiger charge is 2.24. The molecule has 0 aliphatic rings. The molecule has 0 N–H and O–H groups in total. The van der Waals surface area contributed by atoms with Crippen molar-refractivity contribution in [2.45, 2.75) is 19.9 Å². The molecule has 1 amide bonds. The van der Waals surface area contributed by atoms with Crippen molar-refractivity contribution in [3.63, 3.8) is 0 Å². The first kappa shape index (κ1) is 19.8. The van der Waals surface area contributed by atoms with Gasteiger partial charge in [-0.1, -0.05) is 35.9 Å². The SMILES string of the molecule is Cc1cc(=O)c(C(=O)N(C)C(C)c2cccc(Cl)c2)nn1-c1ccccc1F. The number of benzene rings is 2. The number of nitrogens with zero attached hydrogens (tertiary/aromatic N) is 3. The Balaban J connectivity index is 2.01. The number of carbonyl (C=O) groups excluding carboxylic acids is 1. The standard InChI is InChI=1S/C21H19ClFN3O2/c1-13-11-19(27)20(24-26(13)18-10-5-4-9-17(18)23)21(28)25(3)14(2)15-7-6-8-16(22)12-15/h4-12,14H,1-3H3. The zero-order valence-electron chi connectivity index (χ0n) is 15.7. The van der Waals surface area contributed by atoms with Gasteiger partial charge in [-0.2, -0.15) is 5.10 Å². The first-order valence-electron chi connectivity index (χ1n) is 8.68. The van der Waals surface area contributed by atoms with Gasteiger partial charge in [-0.25, -0.2) is 9.07 Å². The van der Waals surface area contributed by atoms with Crippen LogP contribution in [0.4, 0.5) is 4.39 Å². The number of para-hydroxylation sites is 1. The molecule has 5 nitrogen and oxygen atoms in total. The molecule has 0 aliphatic heterocycles. The number of halogens is 2. The topological polar surface area (TPSA) is 55.2 Å². The van der Waals surface area contributed by atoms with Crippen molar-refractivity contribution in [3.05, 3.63) is 92.6 Å². The van der Waals surface area contributed by atoms with E-state index in [1.807, 2.05) is 13.0 Å². The van der Waals surface area contributed by atoms with E-state index in [2.05, 4.69) is 5.10 Å². The van der Waals surface area contributed by atoms with E-state index in [1.165, 1.54) is 27.8 Å². The van der Waals surface area contributed by atoms with Crippen LogP contribution in [0.2, 0.25) is 5.02 Å². The first-order valence-corrected chi connectivity index (χ1v) is 9.06. The van der Waals surface area contributed by atoms with Crippen LogP contribution in [-0.2, 0) is 0 Å². The van der Waals surface area contributed by atoms with Crippen LogP contribution in [0.3, 0.4) is 0 Å². The molecule has 1 aromatic heterocycles. The van der Waals surface area contributed by atoms with E-state index >= 15 is 0 Å². The second kappa shape index (κ2) is 7.94. The molecule has 0 spiro atoms. The van der Waals surface area contributed by atoms with E-state index in [0.29, 0.717) is 10.7 Å². The predicted octanol–water partition coefficient (Wildman–Crippen LogP) is 4.17. The molecule has 3 aromatic rings. The number of hydrogen-bond acceptors (Lipinski definition) is 3. The molecule has 7 heteroatoms. The van der Waals surface area contributed by atoms with Crippen molar-refractivity contribution in [1.82, 2.24) is 14.7 Å². The van der Waals surface area contributed by atoms with Gasteiger partial charge < -0.3 is 4.90 Å². The number of aryl methyl sites for hydroxylation is 1. The maximum absolute atomic E-state index is 14.2. The number of amides is 1. The van der Waals surface area contributed by atoms with Crippen LogP contribution in [0.1, 0.15) is 34.7 Å². The molecule has 0 saturated heterocycles. The second-order valence-electron chi connectivity index (χ2n) is 6.51.